The van der Waals surface area contributed by atoms with Gasteiger partial charge in [0.2, 0.25) is 11.7 Å². The first-order valence-corrected chi connectivity index (χ1v) is 8.55. The van der Waals surface area contributed by atoms with Crippen LogP contribution in [0.5, 0.6) is 0 Å². The largest absolute Gasteiger partial charge is 0.405 e. The predicted octanol–water partition coefficient (Wildman–Crippen LogP) is 0.292. The van der Waals surface area contributed by atoms with Crippen LogP contribution in [-0.4, -0.2) is 76.0 Å². The molecule has 1 unspecified atom stereocenters. The minimum Gasteiger partial charge on any atom is -0.353 e. The van der Waals surface area contributed by atoms with Crippen molar-refractivity contribution in [2.24, 2.45) is 0 Å². The second kappa shape index (κ2) is 8.44. The van der Waals surface area contributed by atoms with Crippen molar-refractivity contribution in [3.8, 4) is 11.4 Å². The number of aromatic nitrogens is 4. The van der Waals surface area contributed by atoms with Gasteiger partial charge in [0.15, 0.2) is 0 Å². The number of hydrogen-bond acceptors (Lipinski definition) is 6. The Hall–Kier alpha value is -2.53. The molecule has 0 radical (unpaired) electrons. The molecule has 0 bridgehead atoms. The summed E-state index contributed by atoms with van der Waals surface area (Å²) in [6.45, 7) is 0.738. The summed E-state index contributed by atoms with van der Waals surface area (Å²) < 4.78 is 40.0. The monoisotopic (exact) mass is 383 g/mol. The van der Waals surface area contributed by atoms with Crippen molar-refractivity contribution in [1.29, 1.82) is 0 Å². The van der Waals surface area contributed by atoms with E-state index in [1.807, 2.05) is 18.2 Å². The topological polar surface area (TPSA) is 88.0 Å². The lowest BCUT2D eigenvalue weighted by Crippen LogP contribution is -2.57. The Bertz CT molecular complexity index is 744. The van der Waals surface area contributed by atoms with E-state index in [1.54, 1.807) is 12.1 Å². The van der Waals surface area contributed by atoms with Crippen LogP contribution in [0.1, 0.15) is 0 Å². The molecule has 11 heteroatoms. The number of piperazine rings is 1. The molecule has 0 saturated carbocycles. The van der Waals surface area contributed by atoms with Crippen molar-refractivity contribution in [2.75, 3.05) is 32.7 Å². The summed E-state index contributed by atoms with van der Waals surface area (Å²) in [5, 5.41) is 17.1. The molecule has 1 aliphatic rings. The first-order chi connectivity index (χ1) is 12.9. The van der Waals surface area contributed by atoms with Gasteiger partial charge >= 0.3 is 6.18 Å². The van der Waals surface area contributed by atoms with E-state index in [-0.39, 0.29) is 19.6 Å². The summed E-state index contributed by atoms with van der Waals surface area (Å²) in [7, 11) is 0. The maximum absolute atomic E-state index is 13.3. The normalized spacial score (nSPS) is 16.9. The van der Waals surface area contributed by atoms with Crippen LogP contribution in [0.3, 0.4) is 0 Å². The van der Waals surface area contributed by atoms with E-state index in [9.17, 15) is 18.0 Å². The average molecular weight is 383 g/mol. The van der Waals surface area contributed by atoms with Gasteiger partial charge in [-0.3, -0.25) is 9.69 Å². The van der Waals surface area contributed by atoms with Crippen molar-refractivity contribution in [1.82, 2.24) is 35.7 Å². The van der Waals surface area contributed by atoms with Crippen LogP contribution in [0.2, 0.25) is 0 Å². The molecule has 1 saturated heterocycles. The molecule has 0 spiro atoms. The number of nitrogens with one attached hydrogen (secondary N) is 2. The van der Waals surface area contributed by atoms with E-state index >= 15 is 0 Å². The molecule has 1 aliphatic heterocycles. The molecule has 0 aliphatic carbocycles. The predicted molar refractivity (Wildman–Crippen MR) is 90.5 cm³/mol. The highest BCUT2D eigenvalue weighted by atomic mass is 19.4. The Morgan fingerprint density at radius 2 is 1.93 bits per heavy atom. The molecule has 1 aromatic heterocycles. The molecule has 146 valence electrons. The summed E-state index contributed by atoms with van der Waals surface area (Å²) in [4.78, 5) is 14.4. The summed E-state index contributed by atoms with van der Waals surface area (Å²) in [6, 6.07) is 7.35. The fraction of sp³-hybridized carbons (Fsp3) is 0.500. The van der Waals surface area contributed by atoms with Gasteiger partial charge < -0.3 is 10.6 Å². The van der Waals surface area contributed by atoms with Gasteiger partial charge in [0, 0.05) is 38.3 Å². The smallest absolute Gasteiger partial charge is 0.353 e. The fourth-order valence-electron chi connectivity index (χ4n) is 2.85. The van der Waals surface area contributed by atoms with Gasteiger partial charge in [-0.2, -0.15) is 18.0 Å². The first-order valence-electron chi connectivity index (χ1n) is 8.55. The van der Waals surface area contributed by atoms with Crippen LogP contribution in [0.4, 0.5) is 13.2 Å². The zero-order valence-corrected chi connectivity index (χ0v) is 14.5. The molecule has 2 N–H and O–H groups in total. The highest BCUT2D eigenvalue weighted by Gasteiger charge is 2.43. The maximum Gasteiger partial charge on any atom is 0.405 e. The van der Waals surface area contributed by atoms with Gasteiger partial charge in [0.05, 0.1) is 0 Å². The number of halogens is 3. The minimum absolute atomic E-state index is 0.283. The SMILES string of the molecule is O=C(Cn1nnc(-c2ccccc2)n1)NCC(N1CCNCC1)C(F)(F)F. The highest BCUT2D eigenvalue weighted by molar-refractivity contribution is 5.75. The van der Waals surface area contributed by atoms with Crippen LogP contribution in [0.15, 0.2) is 30.3 Å². The summed E-state index contributed by atoms with van der Waals surface area (Å²) in [6.07, 6.45) is -4.42. The Morgan fingerprint density at radius 1 is 1.22 bits per heavy atom. The van der Waals surface area contributed by atoms with Crippen LogP contribution < -0.4 is 10.6 Å². The summed E-state index contributed by atoms with van der Waals surface area (Å²) in [5.41, 5.74) is 0.736. The summed E-state index contributed by atoms with van der Waals surface area (Å²) in [5.74, 6) is -0.256. The molecular formula is C16H20F3N7O. The second-order valence-corrected chi connectivity index (χ2v) is 6.16. The molecule has 2 heterocycles. The van der Waals surface area contributed by atoms with Gasteiger partial charge in [-0.25, -0.2) is 0 Å². The molecule has 27 heavy (non-hydrogen) atoms. The lowest BCUT2D eigenvalue weighted by molar-refractivity contribution is -0.184. The standard InChI is InChI=1S/C16H20F3N7O/c17-16(18,19)13(25-8-6-20-7-9-25)10-21-14(27)11-26-23-15(22-24-26)12-4-2-1-3-5-12/h1-5,13,20H,6-11H2,(H,21,27). The van der Waals surface area contributed by atoms with Crippen molar-refractivity contribution < 1.29 is 18.0 Å². The summed E-state index contributed by atoms with van der Waals surface area (Å²) >= 11 is 0. The van der Waals surface area contributed by atoms with Crippen LogP contribution in [0, 0.1) is 0 Å². The van der Waals surface area contributed by atoms with E-state index in [4.69, 9.17) is 0 Å². The van der Waals surface area contributed by atoms with E-state index < -0.39 is 24.7 Å². The van der Waals surface area contributed by atoms with Gasteiger partial charge in [0.1, 0.15) is 12.6 Å². The number of rotatable bonds is 6. The van der Waals surface area contributed by atoms with Gasteiger partial charge in [-0.15, -0.1) is 10.2 Å². The number of alkyl halides is 3. The number of carbonyl (C=O) groups excluding carboxylic acids is 1. The van der Waals surface area contributed by atoms with Gasteiger partial charge in [-0.1, -0.05) is 30.3 Å². The second-order valence-electron chi connectivity index (χ2n) is 6.16. The number of carbonyl (C=O) groups is 1. The number of tetrazole rings is 1. The van der Waals surface area contributed by atoms with Crippen LogP contribution in [0.25, 0.3) is 11.4 Å². The van der Waals surface area contributed by atoms with E-state index in [0.717, 1.165) is 10.4 Å². The molecule has 1 fully saturated rings. The molecule has 1 amide bonds. The first kappa shape index (κ1) is 19.2. The molecule has 1 atom stereocenters. The quantitative estimate of drug-likeness (QED) is 0.746. The van der Waals surface area contributed by atoms with Crippen molar-refractivity contribution in [3.05, 3.63) is 30.3 Å². The molecule has 8 nitrogen and oxygen atoms in total. The fourth-order valence-corrected chi connectivity index (χ4v) is 2.85. The van der Waals surface area contributed by atoms with Crippen molar-refractivity contribution in [3.63, 3.8) is 0 Å². The lowest BCUT2D eigenvalue weighted by atomic mass is 10.2. The average Bonchev–Trinajstić information content (AvgIpc) is 3.11. The van der Waals surface area contributed by atoms with Crippen LogP contribution in [-0.2, 0) is 11.3 Å². The Balaban J connectivity index is 1.56. The molecule has 1 aromatic carbocycles. The zero-order chi connectivity index (χ0) is 19.3. The van der Waals surface area contributed by atoms with E-state index in [0.29, 0.717) is 18.9 Å². The third-order valence-corrected chi connectivity index (χ3v) is 4.23. The number of benzene rings is 1. The third kappa shape index (κ3) is 5.23. The Morgan fingerprint density at radius 3 is 2.59 bits per heavy atom. The molecular weight excluding hydrogens is 363 g/mol. The lowest BCUT2D eigenvalue weighted by Gasteiger charge is -2.35. The number of hydrogen-bond donors (Lipinski definition) is 2. The van der Waals surface area contributed by atoms with Crippen molar-refractivity contribution >= 4 is 5.91 Å². The number of nitrogens with zero attached hydrogens (tertiary/aromatic N) is 5. The van der Waals surface area contributed by atoms with E-state index in [2.05, 4.69) is 26.0 Å². The van der Waals surface area contributed by atoms with Crippen molar-refractivity contribution in [2.45, 2.75) is 18.8 Å². The van der Waals surface area contributed by atoms with Gasteiger partial charge in [-0.05, 0) is 5.21 Å². The third-order valence-electron chi connectivity index (χ3n) is 4.23. The van der Waals surface area contributed by atoms with Gasteiger partial charge in [0.25, 0.3) is 0 Å². The zero-order valence-electron chi connectivity index (χ0n) is 14.5. The minimum atomic E-state index is -4.42. The Labute approximate surface area is 153 Å². The molecule has 2 aromatic rings. The highest BCUT2D eigenvalue weighted by Crippen LogP contribution is 2.24. The maximum atomic E-state index is 13.3. The molecule has 3 rings (SSSR count). The van der Waals surface area contributed by atoms with Crippen LogP contribution >= 0.6 is 0 Å². The van der Waals surface area contributed by atoms with E-state index in [1.165, 1.54) is 4.90 Å². The number of amides is 1. The Kier molecular flexibility index (Phi) is 6.01.